The third kappa shape index (κ3) is 3.30. The van der Waals surface area contributed by atoms with Crippen molar-refractivity contribution in [3.8, 4) is 5.75 Å². The van der Waals surface area contributed by atoms with Gasteiger partial charge in [-0.05, 0) is 37.5 Å². The molecule has 1 heterocycles. The summed E-state index contributed by atoms with van der Waals surface area (Å²) in [5.41, 5.74) is 8.59. The largest absolute Gasteiger partial charge is 0.487 e. The first-order chi connectivity index (χ1) is 10.1. The van der Waals surface area contributed by atoms with Gasteiger partial charge < -0.3 is 10.5 Å². The first-order valence-electron chi connectivity index (χ1n) is 7.34. The molecule has 1 aliphatic rings. The van der Waals surface area contributed by atoms with Gasteiger partial charge in [0.2, 0.25) is 0 Å². The highest BCUT2D eigenvalue weighted by molar-refractivity contribution is 9.10. The van der Waals surface area contributed by atoms with E-state index >= 15 is 0 Å². The van der Waals surface area contributed by atoms with E-state index in [0.717, 1.165) is 35.0 Å². The predicted octanol–water partition coefficient (Wildman–Crippen LogP) is 4.62. The average Bonchev–Trinajstić information content (AvgIpc) is 2.46. The maximum atomic E-state index is 6.35. The molecule has 0 fully saturated rings. The van der Waals surface area contributed by atoms with Gasteiger partial charge in [-0.15, -0.1) is 0 Å². The van der Waals surface area contributed by atoms with Crippen LogP contribution in [0.3, 0.4) is 0 Å². The molecule has 0 bridgehead atoms. The number of hydrogen-bond donors (Lipinski definition) is 1. The average molecular weight is 346 g/mol. The van der Waals surface area contributed by atoms with Gasteiger partial charge in [-0.3, -0.25) is 0 Å². The number of benzene rings is 2. The van der Waals surface area contributed by atoms with Crippen molar-refractivity contribution < 1.29 is 4.74 Å². The lowest BCUT2D eigenvalue weighted by Gasteiger charge is -2.39. The highest BCUT2D eigenvalue weighted by atomic mass is 79.9. The first-order valence-corrected chi connectivity index (χ1v) is 8.13. The maximum Gasteiger partial charge on any atom is 0.126 e. The molecule has 0 saturated heterocycles. The Hall–Kier alpha value is -1.32. The van der Waals surface area contributed by atoms with Crippen LogP contribution >= 0.6 is 15.9 Å². The van der Waals surface area contributed by atoms with Crippen molar-refractivity contribution >= 4 is 15.9 Å². The summed E-state index contributed by atoms with van der Waals surface area (Å²) >= 11 is 3.50. The van der Waals surface area contributed by atoms with E-state index in [-0.39, 0.29) is 11.6 Å². The Morgan fingerprint density at radius 1 is 1.24 bits per heavy atom. The van der Waals surface area contributed by atoms with Crippen molar-refractivity contribution in [2.24, 2.45) is 5.73 Å². The minimum Gasteiger partial charge on any atom is -0.487 e. The standard InChI is InChI=1S/C18H20BrNO/c1-18(10-9-13-5-3-2-4-6-13)12-16(20)15-8-7-14(19)11-17(15)21-18/h2-8,11,16H,9-10,12,20H2,1H3. The van der Waals surface area contributed by atoms with Crippen LogP contribution < -0.4 is 10.5 Å². The summed E-state index contributed by atoms with van der Waals surface area (Å²) in [6.45, 7) is 2.17. The summed E-state index contributed by atoms with van der Waals surface area (Å²) in [4.78, 5) is 0. The zero-order chi connectivity index (χ0) is 14.9. The molecule has 110 valence electrons. The third-order valence-corrected chi connectivity index (χ3v) is 4.66. The summed E-state index contributed by atoms with van der Waals surface area (Å²) in [5, 5.41) is 0. The first kappa shape index (κ1) is 14.6. The molecular weight excluding hydrogens is 326 g/mol. The highest BCUT2D eigenvalue weighted by Crippen LogP contribution is 2.41. The molecule has 3 rings (SSSR count). The van der Waals surface area contributed by atoms with Gasteiger partial charge in [0.25, 0.3) is 0 Å². The van der Waals surface area contributed by atoms with E-state index in [1.807, 2.05) is 18.2 Å². The molecule has 0 aliphatic carbocycles. The Labute approximate surface area is 134 Å². The number of ether oxygens (including phenoxy) is 1. The van der Waals surface area contributed by atoms with Crippen LogP contribution in [-0.4, -0.2) is 5.60 Å². The van der Waals surface area contributed by atoms with Crippen LogP contribution in [0.2, 0.25) is 0 Å². The van der Waals surface area contributed by atoms with E-state index in [9.17, 15) is 0 Å². The number of fused-ring (bicyclic) bond motifs is 1. The van der Waals surface area contributed by atoms with Gasteiger partial charge in [0.05, 0.1) is 0 Å². The summed E-state index contributed by atoms with van der Waals surface area (Å²) in [5.74, 6) is 0.915. The normalized spacial score (nSPS) is 24.2. The van der Waals surface area contributed by atoms with Crippen LogP contribution in [0.4, 0.5) is 0 Å². The fourth-order valence-corrected chi connectivity index (χ4v) is 3.33. The van der Waals surface area contributed by atoms with Crippen LogP contribution in [0, 0.1) is 0 Å². The number of rotatable bonds is 3. The van der Waals surface area contributed by atoms with Crippen LogP contribution in [-0.2, 0) is 6.42 Å². The predicted molar refractivity (Wildman–Crippen MR) is 89.5 cm³/mol. The number of hydrogen-bond acceptors (Lipinski definition) is 2. The Balaban J connectivity index is 1.77. The molecule has 0 radical (unpaired) electrons. The van der Waals surface area contributed by atoms with E-state index in [1.165, 1.54) is 5.56 Å². The highest BCUT2D eigenvalue weighted by Gasteiger charge is 2.35. The van der Waals surface area contributed by atoms with E-state index in [1.54, 1.807) is 0 Å². The second-order valence-corrected chi connectivity index (χ2v) is 6.95. The number of aryl methyl sites for hydroxylation is 1. The Kier molecular flexibility index (Phi) is 4.05. The smallest absolute Gasteiger partial charge is 0.126 e. The number of nitrogens with two attached hydrogens (primary N) is 1. The van der Waals surface area contributed by atoms with Gasteiger partial charge in [0, 0.05) is 22.5 Å². The van der Waals surface area contributed by atoms with Crippen LogP contribution in [0.25, 0.3) is 0 Å². The fraction of sp³-hybridized carbons (Fsp3) is 0.333. The molecule has 0 amide bonds. The zero-order valence-electron chi connectivity index (χ0n) is 12.2. The van der Waals surface area contributed by atoms with Gasteiger partial charge in [-0.2, -0.15) is 0 Å². The van der Waals surface area contributed by atoms with Crippen molar-refractivity contribution in [3.63, 3.8) is 0 Å². The van der Waals surface area contributed by atoms with E-state index in [4.69, 9.17) is 10.5 Å². The van der Waals surface area contributed by atoms with Crippen LogP contribution in [0.15, 0.2) is 53.0 Å². The summed E-state index contributed by atoms with van der Waals surface area (Å²) in [6.07, 6.45) is 2.83. The molecule has 2 atom stereocenters. The molecule has 1 aliphatic heterocycles. The van der Waals surface area contributed by atoms with E-state index in [0.29, 0.717) is 0 Å². The summed E-state index contributed by atoms with van der Waals surface area (Å²) in [7, 11) is 0. The lowest BCUT2D eigenvalue weighted by atomic mass is 9.85. The minimum atomic E-state index is -0.205. The van der Waals surface area contributed by atoms with Gasteiger partial charge in [-0.25, -0.2) is 0 Å². The second-order valence-electron chi connectivity index (χ2n) is 6.03. The molecule has 2 nitrogen and oxygen atoms in total. The zero-order valence-corrected chi connectivity index (χ0v) is 13.8. The Bertz CT molecular complexity index is 628. The minimum absolute atomic E-state index is 0.0441. The SMILES string of the molecule is CC1(CCc2ccccc2)CC(N)c2ccc(Br)cc2O1. The van der Waals surface area contributed by atoms with Crippen molar-refractivity contribution in [2.75, 3.05) is 0 Å². The van der Waals surface area contributed by atoms with Crippen molar-refractivity contribution in [3.05, 3.63) is 64.1 Å². The van der Waals surface area contributed by atoms with Gasteiger partial charge in [0.15, 0.2) is 0 Å². The topological polar surface area (TPSA) is 35.2 Å². The molecule has 0 aromatic heterocycles. The molecule has 0 spiro atoms. The van der Waals surface area contributed by atoms with E-state index in [2.05, 4.69) is 53.2 Å². The number of halogens is 1. The Morgan fingerprint density at radius 3 is 2.76 bits per heavy atom. The van der Waals surface area contributed by atoms with Crippen molar-refractivity contribution in [1.82, 2.24) is 0 Å². The van der Waals surface area contributed by atoms with Gasteiger partial charge >= 0.3 is 0 Å². The molecule has 2 unspecified atom stereocenters. The second kappa shape index (κ2) is 5.82. The monoisotopic (exact) mass is 345 g/mol. The van der Waals surface area contributed by atoms with E-state index < -0.39 is 0 Å². The molecular formula is C18H20BrNO. The molecule has 2 aromatic carbocycles. The van der Waals surface area contributed by atoms with Gasteiger partial charge in [-0.1, -0.05) is 52.3 Å². The van der Waals surface area contributed by atoms with Gasteiger partial charge in [0.1, 0.15) is 11.4 Å². The quantitative estimate of drug-likeness (QED) is 0.880. The van der Waals surface area contributed by atoms with Crippen molar-refractivity contribution in [1.29, 1.82) is 0 Å². The molecule has 21 heavy (non-hydrogen) atoms. The fourth-order valence-electron chi connectivity index (χ4n) is 2.99. The Morgan fingerprint density at radius 2 is 2.00 bits per heavy atom. The molecule has 0 saturated carbocycles. The maximum absolute atomic E-state index is 6.35. The van der Waals surface area contributed by atoms with Crippen LogP contribution in [0.5, 0.6) is 5.75 Å². The molecule has 3 heteroatoms. The van der Waals surface area contributed by atoms with Crippen LogP contribution in [0.1, 0.15) is 36.9 Å². The third-order valence-electron chi connectivity index (χ3n) is 4.17. The molecule has 2 N–H and O–H groups in total. The lowest BCUT2D eigenvalue weighted by Crippen LogP contribution is -2.40. The molecule has 2 aromatic rings. The summed E-state index contributed by atoms with van der Waals surface area (Å²) in [6, 6.07) is 16.7. The summed E-state index contributed by atoms with van der Waals surface area (Å²) < 4.78 is 7.31. The van der Waals surface area contributed by atoms with Crippen molar-refractivity contribution in [2.45, 2.75) is 37.8 Å². The lowest BCUT2D eigenvalue weighted by molar-refractivity contribution is 0.0458.